The van der Waals surface area contributed by atoms with Gasteiger partial charge in [0.05, 0.1) is 17.8 Å². The van der Waals surface area contributed by atoms with Gasteiger partial charge in [-0.05, 0) is 20.8 Å². The van der Waals surface area contributed by atoms with E-state index in [1.165, 1.54) is 0 Å². The van der Waals surface area contributed by atoms with E-state index in [2.05, 4.69) is 4.98 Å². The average molecular weight is 317 g/mol. The van der Waals surface area contributed by atoms with Crippen LogP contribution in [0, 0.1) is 0 Å². The molecule has 0 atom stereocenters. The standard InChI is InChI=1S/C17H23N3O3/c1-4-23-10-13-19-14(16(18)21)15(12-8-6-5-7-9-12)20(13)11-17(2,3)22/h5-9,22H,4,10-11H2,1-3H3,(H2,18,21). The van der Waals surface area contributed by atoms with E-state index < -0.39 is 11.5 Å². The lowest BCUT2D eigenvalue weighted by atomic mass is 10.1. The number of aromatic nitrogens is 2. The van der Waals surface area contributed by atoms with Crippen molar-refractivity contribution in [3.8, 4) is 11.3 Å². The third-order valence-electron chi connectivity index (χ3n) is 3.31. The molecule has 0 fully saturated rings. The molecule has 0 bridgehead atoms. The summed E-state index contributed by atoms with van der Waals surface area (Å²) in [6.45, 7) is 6.35. The van der Waals surface area contributed by atoms with Crippen molar-refractivity contribution in [1.82, 2.24) is 9.55 Å². The van der Waals surface area contributed by atoms with Crippen molar-refractivity contribution in [1.29, 1.82) is 0 Å². The molecule has 6 heteroatoms. The van der Waals surface area contributed by atoms with Gasteiger partial charge in [-0.2, -0.15) is 0 Å². The number of benzene rings is 1. The van der Waals surface area contributed by atoms with E-state index in [-0.39, 0.29) is 18.8 Å². The molecule has 1 amide bonds. The van der Waals surface area contributed by atoms with E-state index in [1.807, 2.05) is 41.8 Å². The fourth-order valence-electron chi connectivity index (χ4n) is 2.42. The highest BCUT2D eigenvalue weighted by atomic mass is 16.5. The molecule has 0 aliphatic heterocycles. The summed E-state index contributed by atoms with van der Waals surface area (Å²) in [7, 11) is 0. The Labute approximate surface area is 135 Å². The molecule has 0 aliphatic carbocycles. The molecular weight excluding hydrogens is 294 g/mol. The number of aliphatic hydroxyl groups is 1. The summed E-state index contributed by atoms with van der Waals surface area (Å²) in [6.07, 6.45) is 0. The first kappa shape index (κ1) is 17.2. The maximum atomic E-state index is 11.8. The molecule has 0 aliphatic rings. The highest BCUT2D eigenvalue weighted by Crippen LogP contribution is 2.27. The van der Waals surface area contributed by atoms with Gasteiger partial charge in [0.2, 0.25) is 0 Å². The monoisotopic (exact) mass is 317 g/mol. The van der Waals surface area contributed by atoms with E-state index in [9.17, 15) is 9.90 Å². The van der Waals surface area contributed by atoms with Crippen molar-refractivity contribution in [3.05, 3.63) is 41.9 Å². The number of rotatable bonds is 7. The zero-order valence-electron chi connectivity index (χ0n) is 13.7. The lowest BCUT2D eigenvalue weighted by Gasteiger charge is -2.21. The van der Waals surface area contributed by atoms with Crippen LogP contribution in [0.25, 0.3) is 11.3 Å². The molecule has 3 N–H and O–H groups in total. The number of carbonyl (C=O) groups is 1. The Balaban J connectivity index is 2.63. The van der Waals surface area contributed by atoms with Crippen LogP contribution in [0.2, 0.25) is 0 Å². The van der Waals surface area contributed by atoms with Crippen LogP contribution in [0.5, 0.6) is 0 Å². The number of imidazole rings is 1. The number of amides is 1. The molecule has 2 rings (SSSR count). The summed E-state index contributed by atoms with van der Waals surface area (Å²) in [5, 5.41) is 10.2. The second-order valence-electron chi connectivity index (χ2n) is 5.99. The van der Waals surface area contributed by atoms with E-state index in [0.717, 1.165) is 5.56 Å². The van der Waals surface area contributed by atoms with Gasteiger partial charge in [0.25, 0.3) is 5.91 Å². The van der Waals surface area contributed by atoms with E-state index >= 15 is 0 Å². The maximum absolute atomic E-state index is 11.8. The Bertz CT molecular complexity index is 672. The van der Waals surface area contributed by atoms with Gasteiger partial charge in [-0.15, -0.1) is 0 Å². The number of nitrogens with zero attached hydrogens (tertiary/aromatic N) is 2. The molecule has 1 heterocycles. The van der Waals surface area contributed by atoms with Crippen LogP contribution in [0.3, 0.4) is 0 Å². The van der Waals surface area contributed by atoms with Crippen molar-refractivity contribution in [3.63, 3.8) is 0 Å². The van der Waals surface area contributed by atoms with Gasteiger partial charge in [-0.1, -0.05) is 30.3 Å². The molecule has 1 aromatic heterocycles. The van der Waals surface area contributed by atoms with Crippen LogP contribution < -0.4 is 5.73 Å². The van der Waals surface area contributed by atoms with Crippen LogP contribution in [-0.2, 0) is 17.9 Å². The minimum Gasteiger partial charge on any atom is -0.389 e. The maximum Gasteiger partial charge on any atom is 0.269 e. The molecule has 0 saturated carbocycles. The van der Waals surface area contributed by atoms with Gasteiger partial charge in [0.1, 0.15) is 12.4 Å². The molecule has 23 heavy (non-hydrogen) atoms. The molecular formula is C17H23N3O3. The molecule has 0 spiro atoms. The number of hydrogen-bond acceptors (Lipinski definition) is 4. The van der Waals surface area contributed by atoms with Crippen LogP contribution in [0.1, 0.15) is 37.1 Å². The summed E-state index contributed by atoms with van der Waals surface area (Å²) in [6, 6.07) is 9.42. The predicted octanol–water partition coefficient (Wildman–Crippen LogP) is 1.96. The Morgan fingerprint density at radius 1 is 1.35 bits per heavy atom. The second-order valence-corrected chi connectivity index (χ2v) is 5.99. The van der Waals surface area contributed by atoms with Crippen molar-refractivity contribution in [2.75, 3.05) is 6.61 Å². The van der Waals surface area contributed by atoms with Crippen molar-refractivity contribution >= 4 is 5.91 Å². The summed E-state index contributed by atoms with van der Waals surface area (Å²) in [5.41, 5.74) is 6.15. The molecule has 1 aromatic carbocycles. The molecule has 124 valence electrons. The first-order chi connectivity index (χ1) is 10.8. The van der Waals surface area contributed by atoms with Crippen molar-refractivity contribution in [2.24, 2.45) is 5.73 Å². The number of hydrogen-bond donors (Lipinski definition) is 2. The Kier molecular flexibility index (Phi) is 5.18. The van der Waals surface area contributed by atoms with Crippen molar-refractivity contribution < 1.29 is 14.6 Å². The molecule has 6 nitrogen and oxygen atoms in total. The summed E-state index contributed by atoms with van der Waals surface area (Å²) in [5.74, 6) is -0.0299. The fourth-order valence-corrected chi connectivity index (χ4v) is 2.42. The summed E-state index contributed by atoms with van der Waals surface area (Å²) < 4.78 is 7.25. The lowest BCUT2D eigenvalue weighted by Crippen LogP contribution is -2.28. The zero-order chi connectivity index (χ0) is 17.0. The normalized spacial score (nSPS) is 11.7. The van der Waals surface area contributed by atoms with Gasteiger partial charge in [0, 0.05) is 12.2 Å². The van der Waals surface area contributed by atoms with Gasteiger partial charge < -0.3 is 20.1 Å². The smallest absolute Gasteiger partial charge is 0.269 e. The SMILES string of the molecule is CCOCc1nc(C(N)=O)c(-c2ccccc2)n1CC(C)(C)O. The van der Waals surface area contributed by atoms with Crippen LogP contribution in [-0.4, -0.2) is 32.8 Å². The predicted molar refractivity (Wildman–Crippen MR) is 87.8 cm³/mol. The first-order valence-corrected chi connectivity index (χ1v) is 7.58. The quantitative estimate of drug-likeness (QED) is 0.816. The number of carbonyl (C=O) groups excluding carboxylic acids is 1. The second kappa shape index (κ2) is 6.93. The number of ether oxygens (including phenoxy) is 1. The average Bonchev–Trinajstić information content (AvgIpc) is 2.83. The summed E-state index contributed by atoms with van der Waals surface area (Å²) >= 11 is 0. The minimum absolute atomic E-state index is 0.190. The van der Waals surface area contributed by atoms with Gasteiger partial charge in [0.15, 0.2) is 5.69 Å². The summed E-state index contributed by atoms with van der Waals surface area (Å²) in [4.78, 5) is 16.2. The third kappa shape index (κ3) is 4.18. The van der Waals surface area contributed by atoms with Crippen LogP contribution in [0.4, 0.5) is 0 Å². The van der Waals surface area contributed by atoms with Crippen LogP contribution in [0.15, 0.2) is 30.3 Å². The third-order valence-corrected chi connectivity index (χ3v) is 3.31. The Morgan fingerprint density at radius 3 is 2.52 bits per heavy atom. The van der Waals surface area contributed by atoms with Gasteiger partial charge in [-0.25, -0.2) is 4.98 Å². The fraction of sp³-hybridized carbons (Fsp3) is 0.412. The Morgan fingerprint density at radius 2 is 2.00 bits per heavy atom. The largest absolute Gasteiger partial charge is 0.389 e. The minimum atomic E-state index is -0.972. The molecule has 0 unspecified atom stereocenters. The van der Waals surface area contributed by atoms with Crippen molar-refractivity contribution in [2.45, 2.75) is 39.5 Å². The van der Waals surface area contributed by atoms with Gasteiger partial charge in [-0.3, -0.25) is 4.79 Å². The van der Waals surface area contributed by atoms with Crippen LogP contribution >= 0.6 is 0 Å². The zero-order valence-corrected chi connectivity index (χ0v) is 13.7. The molecule has 2 aromatic rings. The topological polar surface area (TPSA) is 90.4 Å². The highest BCUT2D eigenvalue weighted by Gasteiger charge is 2.25. The number of nitrogens with two attached hydrogens (primary N) is 1. The Hall–Kier alpha value is -2.18. The van der Waals surface area contributed by atoms with E-state index in [0.29, 0.717) is 18.1 Å². The van der Waals surface area contributed by atoms with E-state index in [4.69, 9.17) is 10.5 Å². The molecule has 0 radical (unpaired) electrons. The molecule has 0 saturated heterocycles. The first-order valence-electron chi connectivity index (χ1n) is 7.58. The van der Waals surface area contributed by atoms with Gasteiger partial charge >= 0.3 is 0 Å². The van der Waals surface area contributed by atoms with E-state index in [1.54, 1.807) is 13.8 Å². The number of primary amides is 1. The highest BCUT2D eigenvalue weighted by molar-refractivity contribution is 5.97. The lowest BCUT2D eigenvalue weighted by molar-refractivity contribution is 0.0574.